The number of β-amino-alcohol motifs (C(OH)–C–C–N with tert-alkyl or cyclic N) is 1. The van der Waals surface area contributed by atoms with Crippen LogP contribution in [0.4, 0.5) is 14.5 Å². The summed E-state index contributed by atoms with van der Waals surface area (Å²) in [5.41, 5.74) is -0.962. The van der Waals surface area contributed by atoms with E-state index in [2.05, 4.69) is 5.32 Å². The van der Waals surface area contributed by atoms with Gasteiger partial charge in [0.25, 0.3) is 0 Å². The number of ether oxygens (including phenoxy) is 3. The van der Waals surface area contributed by atoms with Crippen molar-refractivity contribution in [2.75, 3.05) is 39.3 Å². The molecule has 0 aromatic heterocycles. The summed E-state index contributed by atoms with van der Waals surface area (Å²) in [6, 6.07) is 15.7. The number of nitrogens with one attached hydrogen (secondary N) is 1. The zero-order chi connectivity index (χ0) is 30.1. The van der Waals surface area contributed by atoms with Gasteiger partial charge in [0, 0.05) is 48.4 Å². The second-order valence-electron chi connectivity index (χ2n) is 9.88. The Balaban J connectivity index is 0.000000258. The average molecular weight is 626 g/mol. The van der Waals surface area contributed by atoms with Crippen LogP contribution >= 0.6 is 23.2 Å². The predicted molar refractivity (Wildman–Crippen MR) is 155 cm³/mol. The topological polar surface area (TPSA) is 106 Å². The molecule has 226 valence electrons. The highest BCUT2D eigenvalue weighted by atomic mass is 35.5. The zero-order valence-corrected chi connectivity index (χ0v) is 24.1. The molecule has 0 radical (unpaired) electrons. The quantitative estimate of drug-likeness (QED) is 0.225. The number of likely N-dealkylation sites (tertiary alicyclic amines) is 1. The van der Waals surface area contributed by atoms with Crippen molar-refractivity contribution in [2.24, 2.45) is 0 Å². The van der Waals surface area contributed by atoms with Gasteiger partial charge >= 0.3 is 5.69 Å². The Bertz CT molecular complexity index is 1310. The molecule has 2 heterocycles. The van der Waals surface area contributed by atoms with E-state index in [4.69, 9.17) is 37.4 Å². The van der Waals surface area contributed by atoms with Crippen LogP contribution in [0.15, 0.2) is 60.7 Å². The van der Waals surface area contributed by atoms with Crippen molar-refractivity contribution < 1.29 is 33.0 Å². The fourth-order valence-electron chi connectivity index (χ4n) is 4.57. The second kappa shape index (κ2) is 15.3. The average Bonchev–Trinajstić information content (AvgIpc) is 3.62. The van der Waals surface area contributed by atoms with Gasteiger partial charge < -0.3 is 24.6 Å². The molecule has 0 amide bonds. The number of aliphatic hydroxyl groups is 1. The lowest BCUT2D eigenvalue weighted by Gasteiger charge is -2.20. The van der Waals surface area contributed by atoms with Gasteiger partial charge in [-0.3, -0.25) is 15.0 Å². The minimum atomic E-state index is -1.33. The van der Waals surface area contributed by atoms with Gasteiger partial charge in [-0.1, -0.05) is 23.2 Å². The number of halogens is 4. The molecular formula is C29H31Cl2F2N3O6. The van der Waals surface area contributed by atoms with E-state index in [0.29, 0.717) is 36.0 Å². The first-order valence-corrected chi connectivity index (χ1v) is 14.1. The van der Waals surface area contributed by atoms with E-state index in [1.54, 1.807) is 24.3 Å². The molecule has 13 heteroatoms. The van der Waals surface area contributed by atoms with Crippen LogP contribution in [-0.4, -0.2) is 72.6 Å². The summed E-state index contributed by atoms with van der Waals surface area (Å²) < 4.78 is 43.6. The van der Waals surface area contributed by atoms with Gasteiger partial charge in [-0.15, -0.1) is 0 Å². The summed E-state index contributed by atoms with van der Waals surface area (Å²) in [6.45, 7) is 3.15. The fourth-order valence-corrected chi connectivity index (χ4v) is 4.82. The maximum Gasteiger partial charge on any atom is 0.346 e. The Labute approximate surface area is 252 Å². The van der Waals surface area contributed by atoms with Gasteiger partial charge in [-0.2, -0.15) is 4.39 Å². The third kappa shape index (κ3) is 9.67. The lowest BCUT2D eigenvalue weighted by atomic mass is 10.2. The Morgan fingerprint density at radius 2 is 1.62 bits per heavy atom. The van der Waals surface area contributed by atoms with Crippen molar-refractivity contribution in [3.63, 3.8) is 0 Å². The van der Waals surface area contributed by atoms with E-state index in [0.717, 1.165) is 42.8 Å². The Kier molecular flexibility index (Phi) is 11.6. The fraction of sp³-hybridized carbons (Fsp3) is 0.379. The standard InChI is InChI=1S/C19H19ClF2N2O5.C10H12ClNO/c20-12-1-3-15(4-2-12)29-16-5-6-23(10-16)9-14(25)11-28-18-8-13(21)7-17(22)19(18)24(26)27;11-8-1-3-9(4-2-8)13-10-5-6-12-7-10/h1-4,7-8,14,16,25H,5-6,9-11H2;1-4,10,12H,5-7H2. The Hall–Kier alpha value is -3.22. The SMILES string of the molecule is Clc1ccc(OC2CCNC2)cc1.O=[N+]([O-])c1c(F)cc(F)cc1OCC(O)CN1CCC(Oc2ccc(Cl)cc2)C1. The van der Waals surface area contributed by atoms with E-state index in [-0.39, 0.29) is 19.3 Å². The molecule has 2 saturated heterocycles. The van der Waals surface area contributed by atoms with Crippen molar-refractivity contribution in [1.29, 1.82) is 0 Å². The van der Waals surface area contributed by atoms with Crippen LogP contribution in [0.25, 0.3) is 0 Å². The maximum absolute atomic E-state index is 13.6. The summed E-state index contributed by atoms with van der Waals surface area (Å²) in [5.74, 6) is -1.29. The minimum absolute atomic E-state index is 0.0531. The second-order valence-corrected chi connectivity index (χ2v) is 10.8. The Morgan fingerprint density at radius 1 is 1.00 bits per heavy atom. The van der Waals surface area contributed by atoms with Crippen molar-refractivity contribution in [3.05, 3.63) is 92.5 Å². The van der Waals surface area contributed by atoms with Gasteiger partial charge in [0.1, 0.15) is 42.2 Å². The molecule has 0 spiro atoms. The van der Waals surface area contributed by atoms with Crippen LogP contribution in [0, 0.1) is 21.7 Å². The molecule has 0 bridgehead atoms. The number of nitrogens with zero attached hydrogens (tertiary/aromatic N) is 2. The molecule has 2 aliphatic rings. The lowest BCUT2D eigenvalue weighted by Crippen LogP contribution is -2.35. The molecule has 9 nitrogen and oxygen atoms in total. The van der Waals surface area contributed by atoms with Gasteiger partial charge in [-0.25, -0.2) is 4.39 Å². The number of nitro benzene ring substituents is 1. The number of hydrogen-bond acceptors (Lipinski definition) is 8. The normalized spacial score (nSPS) is 19.1. The lowest BCUT2D eigenvalue weighted by molar-refractivity contribution is -0.388. The monoisotopic (exact) mass is 625 g/mol. The van der Waals surface area contributed by atoms with Gasteiger partial charge in [0.05, 0.1) is 4.92 Å². The number of nitro groups is 1. The molecule has 42 heavy (non-hydrogen) atoms. The summed E-state index contributed by atoms with van der Waals surface area (Å²) in [4.78, 5) is 11.9. The first-order chi connectivity index (χ1) is 20.2. The van der Waals surface area contributed by atoms with Crippen molar-refractivity contribution in [2.45, 2.75) is 31.2 Å². The predicted octanol–water partition coefficient (Wildman–Crippen LogP) is 5.50. The summed E-state index contributed by atoms with van der Waals surface area (Å²) in [5, 5.41) is 25.7. The Morgan fingerprint density at radius 3 is 2.19 bits per heavy atom. The molecule has 5 rings (SSSR count). The molecule has 3 unspecified atom stereocenters. The third-order valence-electron chi connectivity index (χ3n) is 6.55. The minimum Gasteiger partial charge on any atom is -0.489 e. The molecule has 3 aromatic rings. The van der Waals surface area contributed by atoms with E-state index in [9.17, 15) is 24.0 Å². The summed E-state index contributed by atoms with van der Waals surface area (Å²) >= 11 is 11.6. The summed E-state index contributed by atoms with van der Waals surface area (Å²) in [7, 11) is 0. The molecule has 2 N–H and O–H groups in total. The largest absolute Gasteiger partial charge is 0.489 e. The van der Waals surface area contributed by atoms with Crippen molar-refractivity contribution in [1.82, 2.24) is 10.2 Å². The molecule has 2 aliphatic heterocycles. The highest BCUT2D eigenvalue weighted by Gasteiger charge is 2.27. The van der Waals surface area contributed by atoms with Crippen LogP contribution in [0.1, 0.15) is 12.8 Å². The maximum atomic E-state index is 13.6. The summed E-state index contributed by atoms with van der Waals surface area (Å²) in [6.07, 6.45) is 1.11. The molecule has 0 aliphatic carbocycles. The van der Waals surface area contributed by atoms with Crippen LogP contribution in [0.3, 0.4) is 0 Å². The van der Waals surface area contributed by atoms with Gasteiger partial charge in [-0.05, 0) is 67.9 Å². The molecule has 3 aromatic carbocycles. The molecule has 2 fully saturated rings. The van der Waals surface area contributed by atoms with Crippen LogP contribution < -0.4 is 19.5 Å². The van der Waals surface area contributed by atoms with E-state index < -0.39 is 34.1 Å². The highest BCUT2D eigenvalue weighted by Crippen LogP contribution is 2.31. The highest BCUT2D eigenvalue weighted by molar-refractivity contribution is 6.30. The van der Waals surface area contributed by atoms with Crippen LogP contribution in [-0.2, 0) is 0 Å². The zero-order valence-electron chi connectivity index (χ0n) is 22.6. The van der Waals surface area contributed by atoms with E-state index in [1.807, 2.05) is 29.2 Å². The number of benzene rings is 3. The van der Waals surface area contributed by atoms with E-state index in [1.165, 1.54) is 0 Å². The van der Waals surface area contributed by atoms with Crippen molar-refractivity contribution >= 4 is 28.9 Å². The first-order valence-electron chi connectivity index (χ1n) is 13.4. The van der Waals surface area contributed by atoms with Crippen molar-refractivity contribution in [3.8, 4) is 17.2 Å². The number of hydrogen-bond donors (Lipinski definition) is 2. The molecular weight excluding hydrogens is 595 g/mol. The van der Waals surface area contributed by atoms with Crippen LogP contribution in [0.5, 0.6) is 17.2 Å². The molecule has 3 atom stereocenters. The first kappa shape index (κ1) is 31.7. The van der Waals surface area contributed by atoms with Gasteiger partial charge in [0.2, 0.25) is 11.6 Å². The smallest absolute Gasteiger partial charge is 0.346 e. The molecule has 0 saturated carbocycles. The van der Waals surface area contributed by atoms with Gasteiger partial charge in [0.15, 0.2) is 0 Å². The third-order valence-corrected chi connectivity index (χ3v) is 7.06. The number of rotatable bonds is 10. The van der Waals surface area contributed by atoms with Crippen LogP contribution in [0.2, 0.25) is 10.0 Å². The van der Waals surface area contributed by atoms with E-state index >= 15 is 0 Å². The number of aliphatic hydroxyl groups excluding tert-OH is 1.